The van der Waals surface area contributed by atoms with Crippen LogP contribution in [0.25, 0.3) is 0 Å². The van der Waals surface area contributed by atoms with Crippen LogP contribution < -0.4 is 29.6 Å². The molecule has 0 atom stereocenters. The van der Waals surface area contributed by atoms with Gasteiger partial charge in [-0.15, -0.1) is 24.0 Å². The van der Waals surface area contributed by atoms with E-state index in [4.69, 9.17) is 18.9 Å². The number of aliphatic imine (C=N–C) groups is 1. The summed E-state index contributed by atoms with van der Waals surface area (Å²) < 4.78 is 21.5. The van der Waals surface area contributed by atoms with E-state index in [1.54, 1.807) is 35.5 Å². The smallest absolute Gasteiger partial charge is 0.203 e. The summed E-state index contributed by atoms with van der Waals surface area (Å²) in [6.07, 6.45) is 0. The monoisotopic (exact) mass is 515 g/mol. The van der Waals surface area contributed by atoms with Gasteiger partial charge in [0, 0.05) is 20.1 Å². The van der Waals surface area contributed by atoms with Gasteiger partial charge in [0.15, 0.2) is 17.5 Å². The van der Waals surface area contributed by atoms with Crippen molar-refractivity contribution in [2.45, 2.75) is 20.0 Å². The van der Waals surface area contributed by atoms with Gasteiger partial charge in [0.1, 0.15) is 5.75 Å². The largest absolute Gasteiger partial charge is 0.497 e. The number of halogens is 1. The van der Waals surface area contributed by atoms with Crippen molar-refractivity contribution in [1.29, 1.82) is 0 Å². The Morgan fingerprint density at radius 3 is 1.79 bits per heavy atom. The van der Waals surface area contributed by atoms with Crippen LogP contribution in [-0.4, -0.2) is 41.4 Å². The Morgan fingerprint density at radius 1 is 0.793 bits per heavy atom. The molecule has 0 aliphatic carbocycles. The van der Waals surface area contributed by atoms with E-state index in [-0.39, 0.29) is 24.0 Å². The van der Waals surface area contributed by atoms with Crippen LogP contribution >= 0.6 is 24.0 Å². The molecule has 160 valence electrons. The molecule has 0 bridgehead atoms. The summed E-state index contributed by atoms with van der Waals surface area (Å²) in [6.45, 7) is 3.23. The number of benzene rings is 2. The summed E-state index contributed by atoms with van der Waals surface area (Å²) in [7, 11) is 8.20. The highest BCUT2D eigenvalue weighted by atomic mass is 127. The molecule has 0 heterocycles. The molecule has 0 amide bonds. The molecule has 0 fully saturated rings. The highest BCUT2D eigenvalue weighted by molar-refractivity contribution is 14.0. The minimum atomic E-state index is 0. The van der Waals surface area contributed by atoms with Crippen molar-refractivity contribution in [1.82, 2.24) is 10.6 Å². The van der Waals surface area contributed by atoms with Crippen LogP contribution in [0.3, 0.4) is 0 Å². The Morgan fingerprint density at radius 2 is 1.34 bits per heavy atom. The summed E-state index contributed by atoms with van der Waals surface area (Å²) in [5.74, 6) is 3.35. The molecule has 7 nitrogen and oxygen atoms in total. The van der Waals surface area contributed by atoms with Crippen molar-refractivity contribution in [2.75, 3.05) is 35.5 Å². The summed E-state index contributed by atoms with van der Waals surface area (Å²) in [6, 6.07) is 9.94. The standard InChI is InChI=1S/C21H29N3O4.HI/c1-14-7-15(9-17(8-14)25-3)12-23-21(22-2)24-13-16-10-18(26-4)20(28-6)19(11-16)27-5;/h7-11H,12-13H2,1-6H3,(H2,22,23,24);1H. The van der Waals surface area contributed by atoms with Gasteiger partial charge in [0.05, 0.1) is 28.4 Å². The second kappa shape index (κ2) is 12.3. The molecule has 0 aliphatic heterocycles. The summed E-state index contributed by atoms with van der Waals surface area (Å²) in [5, 5.41) is 6.61. The number of methoxy groups -OCH3 is 4. The van der Waals surface area contributed by atoms with E-state index in [1.807, 2.05) is 31.2 Å². The predicted molar refractivity (Wildman–Crippen MR) is 126 cm³/mol. The molecule has 2 aromatic carbocycles. The van der Waals surface area contributed by atoms with Crippen LogP contribution in [0.5, 0.6) is 23.0 Å². The second-order valence-electron chi connectivity index (χ2n) is 6.17. The minimum Gasteiger partial charge on any atom is -0.497 e. The topological polar surface area (TPSA) is 73.3 Å². The highest BCUT2D eigenvalue weighted by Crippen LogP contribution is 2.38. The SMILES string of the molecule is CN=C(NCc1cc(C)cc(OC)c1)NCc1cc(OC)c(OC)c(OC)c1.I. The number of ether oxygens (including phenoxy) is 4. The lowest BCUT2D eigenvalue weighted by molar-refractivity contribution is 0.323. The molecule has 0 saturated heterocycles. The van der Waals surface area contributed by atoms with Crippen molar-refractivity contribution >= 4 is 29.9 Å². The van der Waals surface area contributed by atoms with Gasteiger partial charge in [0.2, 0.25) is 5.75 Å². The first-order valence-electron chi connectivity index (χ1n) is 8.92. The number of rotatable bonds is 8. The molecule has 0 aliphatic rings. The number of hydrogen-bond donors (Lipinski definition) is 2. The third kappa shape index (κ3) is 6.88. The third-order valence-electron chi connectivity index (χ3n) is 4.21. The van der Waals surface area contributed by atoms with Crippen LogP contribution in [0, 0.1) is 6.92 Å². The number of guanidine groups is 1. The molecule has 2 aromatic rings. The molecule has 2 N–H and O–H groups in total. The van der Waals surface area contributed by atoms with Gasteiger partial charge in [-0.2, -0.15) is 0 Å². The average molecular weight is 515 g/mol. The minimum absolute atomic E-state index is 0. The average Bonchev–Trinajstić information content (AvgIpc) is 2.72. The van der Waals surface area contributed by atoms with Gasteiger partial charge < -0.3 is 29.6 Å². The molecule has 29 heavy (non-hydrogen) atoms. The Bertz CT molecular complexity index is 803. The fourth-order valence-electron chi connectivity index (χ4n) is 2.87. The summed E-state index contributed by atoms with van der Waals surface area (Å²) in [5.41, 5.74) is 3.25. The lowest BCUT2D eigenvalue weighted by atomic mass is 10.1. The van der Waals surface area contributed by atoms with Gasteiger partial charge in [-0.05, 0) is 47.9 Å². The zero-order valence-electron chi connectivity index (χ0n) is 17.8. The highest BCUT2D eigenvalue weighted by Gasteiger charge is 2.13. The van der Waals surface area contributed by atoms with E-state index in [2.05, 4.69) is 21.7 Å². The van der Waals surface area contributed by atoms with E-state index in [0.717, 1.165) is 22.4 Å². The van der Waals surface area contributed by atoms with Crippen LogP contribution in [0.1, 0.15) is 16.7 Å². The van der Waals surface area contributed by atoms with Gasteiger partial charge in [-0.3, -0.25) is 4.99 Å². The predicted octanol–water partition coefficient (Wildman–Crippen LogP) is 3.51. The first-order valence-corrected chi connectivity index (χ1v) is 8.92. The van der Waals surface area contributed by atoms with Crippen molar-refractivity contribution in [3.05, 3.63) is 47.0 Å². The summed E-state index contributed by atoms with van der Waals surface area (Å²) >= 11 is 0. The van der Waals surface area contributed by atoms with E-state index in [0.29, 0.717) is 36.3 Å². The Balaban J connectivity index is 0.00000420. The van der Waals surface area contributed by atoms with Crippen molar-refractivity contribution in [3.63, 3.8) is 0 Å². The fraction of sp³-hybridized carbons (Fsp3) is 0.381. The number of aryl methyl sites for hydroxylation is 1. The number of nitrogens with zero attached hydrogens (tertiary/aromatic N) is 1. The Kier molecular flexibility index (Phi) is 10.4. The maximum Gasteiger partial charge on any atom is 0.203 e. The van der Waals surface area contributed by atoms with Crippen LogP contribution in [0.15, 0.2) is 35.3 Å². The van der Waals surface area contributed by atoms with E-state index in [9.17, 15) is 0 Å². The fourth-order valence-corrected chi connectivity index (χ4v) is 2.87. The van der Waals surface area contributed by atoms with Gasteiger partial charge in [0.25, 0.3) is 0 Å². The van der Waals surface area contributed by atoms with Crippen molar-refractivity contribution in [3.8, 4) is 23.0 Å². The van der Waals surface area contributed by atoms with E-state index < -0.39 is 0 Å². The molecule has 0 aromatic heterocycles. The molecule has 0 unspecified atom stereocenters. The summed E-state index contributed by atoms with van der Waals surface area (Å²) in [4.78, 5) is 4.28. The van der Waals surface area contributed by atoms with Gasteiger partial charge in [-0.1, -0.05) is 6.07 Å². The second-order valence-corrected chi connectivity index (χ2v) is 6.17. The first kappa shape index (κ1) is 24.7. The van der Waals surface area contributed by atoms with Crippen LogP contribution in [0.4, 0.5) is 0 Å². The van der Waals surface area contributed by atoms with E-state index in [1.165, 1.54) is 0 Å². The lowest BCUT2D eigenvalue weighted by Gasteiger charge is -2.16. The van der Waals surface area contributed by atoms with Crippen LogP contribution in [-0.2, 0) is 13.1 Å². The maximum absolute atomic E-state index is 5.40. The molecule has 2 rings (SSSR count). The molecular weight excluding hydrogens is 485 g/mol. The van der Waals surface area contributed by atoms with Crippen molar-refractivity contribution < 1.29 is 18.9 Å². The zero-order valence-corrected chi connectivity index (χ0v) is 20.1. The normalized spacial score (nSPS) is 10.6. The number of nitrogens with one attached hydrogen (secondary N) is 2. The van der Waals surface area contributed by atoms with Crippen molar-refractivity contribution in [2.24, 2.45) is 4.99 Å². The third-order valence-corrected chi connectivity index (χ3v) is 4.21. The van der Waals surface area contributed by atoms with E-state index >= 15 is 0 Å². The molecule has 0 spiro atoms. The van der Waals surface area contributed by atoms with Crippen LogP contribution in [0.2, 0.25) is 0 Å². The molecular formula is C21H30IN3O4. The van der Waals surface area contributed by atoms with Gasteiger partial charge in [-0.25, -0.2) is 0 Å². The molecule has 0 saturated carbocycles. The Hall–Kier alpha value is -2.36. The number of hydrogen-bond acceptors (Lipinski definition) is 5. The zero-order chi connectivity index (χ0) is 20.5. The first-order chi connectivity index (χ1) is 13.5. The molecule has 8 heteroatoms. The van der Waals surface area contributed by atoms with Gasteiger partial charge >= 0.3 is 0 Å². The Labute approximate surface area is 189 Å². The lowest BCUT2D eigenvalue weighted by Crippen LogP contribution is -2.36. The maximum atomic E-state index is 5.40. The molecule has 0 radical (unpaired) electrons. The quantitative estimate of drug-likeness (QED) is 0.319.